The van der Waals surface area contributed by atoms with E-state index in [2.05, 4.69) is 6.58 Å². The van der Waals surface area contributed by atoms with Crippen molar-refractivity contribution in [3.05, 3.63) is 23.8 Å². The van der Waals surface area contributed by atoms with Crippen molar-refractivity contribution < 1.29 is 19.0 Å². The predicted molar refractivity (Wildman–Crippen MR) is 64.5 cm³/mol. The molecule has 4 nitrogen and oxygen atoms in total. The van der Waals surface area contributed by atoms with E-state index in [0.29, 0.717) is 13.2 Å². The normalized spacial score (nSPS) is 22.1. The molecule has 0 heterocycles. The third-order valence-electron chi connectivity index (χ3n) is 2.58. The molecule has 0 aromatic carbocycles. The SMILES string of the molecule is C=C1CCC(OCOCC)/C1=C\C(=O)OCC. The van der Waals surface area contributed by atoms with Gasteiger partial charge in [0.25, 0.3) is 0 Å². The predicted octanol–water partition coefficient (Wildman–Crippen LogP) is 2.21. The second-order valence-corrected chi connectivity index (χ2v) is 3.76. The highest BCUT2D eigenvalue weighted by Crippen LogP contribution is 2.31. The number of carbonyl (C=O) groups excluding carboxylic acids is 1. The van der Waals surface area contributed by atoms with Crippen molar-refractivity contribution in [1.29, 1.82) is 0 Å². The summed E-state index contributed by atoms with van der Waals surface area (Å²) < 4.78 is 15.6. The Morgan fingerprint density at radius 3 is 2.88 bits per heavy atom. The molecule has 0 spiro atoms. The molecule has 0 saturated heterocycles. The van der Waals surface area contributed by atoms with E-state index >= 15 is 0 Å². The van der Waals surface area contributed by atoms with Crippen molar-refractivity contribution in [2.75, 3.05) is 20.0 Å². The van der Waals surface area contributed by atoms with Crippen LogP contribution < -0.4 is 0 Å². The molecule has 96 valence electrons. The maximum Gasteiger partial charge on any atom is 0.331 e. The molecule has 1 fully saturated rings. The Kier molecular flexibility index (Phi) is 5.94. The van der Waals surface area contributed by atoms with Crippen LogP contribution in [0.5, 0.6) is 0 Å². The molecule has 4 heteroatoms. The Morgan fingerprint density at radius 2 is 2.24 bits per heavy atom. The van der Waals surface area contributed by atoms with E-state index in [4.69, 9.17) is 14.2 Å². The van der Waals surface area contributed by atoms with Crippen molar-refractivity contribution in [2.24, 2.45) is 0 Å². The number of rotatable bonds is 6. The van der Waals surface area contributed by atoms with E-state index in [-0.39, 0.29) is 18.9 Å². The van der Waals surface area contributed by atoms with Gasteiger partial charge in [-0.25, -0.2) is 4.79 Å². The number of carbonyl (C=O) groups is 1. The molecule has 1 aliphatic rings. The first kappa shape index (κ1) is 13.9. The van der Waals surface area contributed by atoms with Crippen LogP contribution in [0.2, 0.25) is 0 Å². The summed E-state index contributed by atoms with van der Waals surface area (Å²) in [7, 11) is 0. The summed E-state index contributed by atoms with van der Waals surface area (Å²) in [5, 5.41) is 0. The van der Waals surface area contributed by atoms with Gasteiger partial charge in [-0.2, -0.15) is 0 Å². The number of hydrogen-bond acceptors (Lipinski definition) is 4. The number of ether oxygens (including phenoxy) is 3. The topological polar surface area (TPSA) is 44.8 Å². The quantitative estimate of drug-likeness (QED) is 0.309. The lowest BCUT2D eigenvalue weighted by molar-refractivity contribution is -0.137. The molecule has 0 radical (unpaired) electrons. The van der Waals surface area contributed by atoms with Crippen molar-refractivity contribution in [3.8, 4) is 0 Å². The fourth-order valence-corrected chi connectivity index (χ4v) is 1.73. The second-order valence-electron chi connectivity index (χ2n) is 3.76. The van der Waals surface area contributed by atoms with E-state index in [9.17, 15) is 4.79 Å². The molecule has 0 aromatic heterocycles. The lowest BCUT2D eigenvalue weighted by atomic mass is 10.1. The van der Waals surface area contributed by atoms with E-state index in [0.717, 1.165) is 24.0 Å². The van der Waals surface area contributed by atoms with Crippen LogP contribution in [-0.4, -0.2) is 32.1 Å². The van der Waals surface area contributed by atoms with Crippen LogP contribution in [0.1, 0.15) is 26.7 Å². The van der Waals surface area contributed by atoms with Crippen molar-refractivity contribution in [2.45, 2.75) is 32.8 Å². The van der Waals surface area contributed by atoms with Crippen LogP contribution >= 0.6 is 0 Å². The number of hydrogen-bond donors (Lipinski definition) is 0. The zero-order chi connectivity index (χ0) is 12.7. The van der Waals surface area contributed by atoms with Gasteiger partial charge in [0.2, 0.25) is 0 Å². The molecule has 1 unspecified atom stereocenters. The van der Waals surface area contributed by atoms with E-state index in [1.54, 1.807) is 6.92 Å². The van der Waals surface area contributed by atoms with Gasteiger partial charge in [-0.05, 0) is 37.8 Å². The van der Waals surface area contributed by atoms with Gasteiger partial charge in [0.1, 0.15) is 6.79 Å². The first-order chi connectivity index (χ1) is 8.19. The summed E-state index contributed by atoms with van der Waals surface area (Å²) >= 11 is 0. The summed E-state index contributed by atoms with van der Waals surface area (Å²) in [6.45, 7) is 8.85. The van der Waals surface area contributed by atoms with Crippen LogP contribution in [-0.2, 0) is 19.0 Å². The maximum atomic E-state index is 11.4. The first-order valence-corrected chi connectivity index (χ1v) is 5.94. The molecule has 1 rings (SSSR count). The highest BCUT2D eigenvalue weighted by Gasteiger charge is 2.25. The molecule has 0 amide bonds. The van der Waals surface area contributed by atoms with Crippen molar-refractivity contribution in [3.63, 3.8) is 0 Å². The van der Waals surface area contributed by atoms with Gasteiger partial charge >= 0.3 is 5.97 Å². The third-order valence-corrected chi connectivity index (χ3v) is 2.58. The van der Waals surface area contributed by atoms with Gasteiger partial charge in [0.15, 0.2) is 0 Å². The largest absolute Gasteiger partial charge is 0.463 e. The van der Waals surface area contributed by atoms with Gasteiger partial charge in [-0.15, -0.1) is 0 Å². The van der Waals surface area contributed by atoms with E-state index in [1.165, 1.54) is 6.08 Å². The Morgan fingerprint density at radius 1 is 1.47 bits per heavy atom. The Labute approximate surface area is 102 Å². The van der Waals surface area contributed by atoms with Gasteiger partial charge in [0.05, 0.1) is 12.7 Å². The summed E-state index contributed by atoms with van der Waals surface area (Å²) in [5.41, 5.74) is 1.78. The average Bonchev–Trinajstić information content (AvgIpc) is 2.62. The first-order valence-electron chi connectivity index (χ1n) is 5.94. The fraction of sp³-hybridized carbons (Fsp3) is 0.615. The smallest absolute Gasteiger partial charge is 0.331 e. The van der Waals surface area contributed by atoms with Crippen LogP contribution in [0.15, 0.2) is 23.8 Å². The Hall–Kier alpha value is -1.13. The van der Waals surface area contributed by atoms with Gasteiger partial charge in [0, 0.05) is 12.7 Å². The summed E-state index contributed by atoms with van der Waals surface area (Å²) in [5.74, 6) is -0.337. The summed E-state index contributed by atoms with van der Waals surface area (Å²) in [6, 6.07) is 0. The maximum absolute atomic E-state index is 11.4. The molecule has 0 bridgehead atoms. The molecule has 0 aromatic rings. The molecule has 1 aliphatic carbocycles. The van der Waals surface area contributed by atoms with Crippen LogP contribution in [0.25, 0.3) is 0 Å². The Bertz CT molecular complexity index is 307. The monoisotopic (exact) mass is 240 g/mol. The lowest BCUT2D eigenvalue weighted by Crippen LogP contribution is -2.15. The second kappa shape index (κ2) is 7.25. The molecular weight excluding hydrogens is 220 g/mol. The molecule has 1 saturated carbocycles. The van der Waals surface area contributed by atoms with E-state index in [1.807, 2.05) is 6.92 Å². The minimum Gasteiger partial charge on any atom is -0.463 e. The fourth-order valence-electron chi connectivity index (χ4n) is 1.73. The molecule has 0 N–H and O–H groups in total. The highest BCUT2D eigenvalue weighted by atomic mass is 16.7. The minimum atomic E-state index is -0.337. The van der Waals surface area contributed by atoms with Crippen LogP contribution in [0.4, 0.5) is 0 Å². The molecular formula is C13H20O4. The van der Waals surface area contributed by atoms with Crippen LogP contribution in [0, 0.1) is 0 Å². The van der Waals surface area contributed by atoms with E-state index < -0.39 is 0 Å². The van der Waals surface area contributed by atoms with Gasteiger partial charge in [-0.3, -0.25) is 0 Å². The standard InChI is InChI=1S/C13H20O4/c1-4-15-9-17-12-7-6-10(3)11(12)8-13(14)16-5-2/h8,12H,3-7,9H2,1-2H3/b11-8-. The molecule has 17 heavy (non-hydrogen) atoms. The zero-order valence-electron chi connectivity index (χ0n) is 10.5. The molecule has 1 atom stereocenters. The lowest BCUT2D eigenvalue weighted by Gasteiger charge is -2.13. The van der Waals surface area contributed by atoms with Crippen LogP contribution in [0.3, 0.4) is 0 Å². The summed E-state index contributed by atoms with van der Waals surface area (Å²) in [6.07, 6.45) is 3.08. The van der Waals surface area contributed by atoms with Gasteiger partial charge in [-0.1, -0.05) is 6.58 Å². The minimum absolute atomic E-state index is 0.0987. The zero-order valence-corrected chi connectivity index (χ0v) is 10.5. The van der Waals surface area contributed by atoms with Crippen molar-refractivity contribution >= 4 is 5.97 Å². The Balaban J connectivity index is 2.58. The summed E-state index contributed by atoms with van der Waals surface area (Å²) in [4.78, 5) is 11.4. The van der Waals surface area contributed by atoms with Gasteiger partial charge < -0.3 is 14.2 Å². The third kappa shape index (κ3) is 4.32. The average molecular weight is 240 g/mol. The number of esters is 1. The molecule has 0 aliphatic heterocycles. The highest BCUT2D eigenvalue weighted by molar-refractivity contribution is 5.84. The van der Waals surface area contributed by atoms with Crippen molar-refractivity contribution in [1.82, 2.24) is 0 Å².